The zero-order chi connectivity index (χ0) is 18.8. The van der Waals surface area contributed by atoms with Gasteiger partial charge >= 0.3 is 0 Å². The predicted octanol–water partition coefficient (Wildman–Crippen LogP) is 5.02. The van der Waals surface area contributed by atoms with E-state index in [-0.39, 0.29) is 12.5 Å². The third kappa shape index (κ3) is 16.8. The first kappa shape index (κ1) is 23.1. The molecule has 0 spiro atoms. The molecule has 3 nitrogen and oxygen atoms in total. The van der Waals surface area contributed by atoms with Crippen LogP contribution in [0.3, 0.4) is 0 Å². The molecule has 1 atom stereocenters. The minimum Gasteiger partial charge on any atom is -0.388 e. The number of amides is 1. The van der Waals surface area contributed by atoms with Gasteiger partial charge in [0.1, 0.15) is 0 Å². The van der Waals surface area contributed by atoms with E-state index in [9.17, 15) is 9.90 Å². The Balaban J connectivity index is 3.82. The molecule has 0 saturated carbocycles. The molecular formula is C22H35NO2. The van der Waals surface area contributed by atoms with Crippen molar-refractivity contribution in [3.05, 3.63) is 60.8 Å². The van der Waals surface area contributed by atoms with Gasteiger partial charge in [-0.05, 0) is 38.7 Å². The number of hydrogen-bond acceptors (Lipinski definition) is 2. The number of aliphatic hydroxyl groups is 1. The van der Waals surface area contributed by atoms with E-state index in [4.69, 9.17) is 0 Å². The van der Waals surface area contributed by atoms with Crippen molar-refractivity contribution in [3.63, 3.8) is 0 Å². The fourth-order valence-corrected chi connectivity index (χ4v) is 2.12. The van der Waals surface area contributed by atoms with Gasteiger partial charge in [-0.1, -0.05) is 81.4 Å². The van der Waals surface area contributed by atoms with Gasteiger partial charge in [0.2, 0.25) is 5.91 Å². The summed E-state index contributed by atoms with van der Waals surface area (Å²) >= 11 is 0. The fourth-order valence-electron chi connectivity index (χ4n) is 2.12. The van der Waals surface area contributed by atoms with Gasteiger partial charge in [0.05, 0.1) is 5.60 Å². The van der Waals surface area contributed by atoms with Crippen LogP contribution in [0.1, 0.15) is 59.3 Å². The van der Waals surface area contributed by atoms with Crippen molar-refractivity contribution in [3.8, 4) is 0 Å². The number of nitrogens with one attached hydrogen (secondary N) is 1. The van der Waals surface area contributed by atoms with Crippen LogP contribution in [-0.2, 0) is 4.79 Å². The van der Waals surface area contributed by atoms with E-state index < -0.39 is 5.60 Å². The molecule has 2 N–H and O–H groups in total. The molecule has 0 heterocycles. The first-order valence-corrected chi connectivity index (χ1v) is 9.33. The summed E-state index contributed by atoms with van der Waals surface area (Å²) in [5, 5.41) is 12.7. The van der Waals surface area contributed by atoms with Crippen molar-refractivity contribution < 1.29 is 9.90 Å². The largest absolute Gasteiger partial charge is 0.388 e. The normalized spacial score (nSPS) is 15.2. The van der Waals surface area contributed by atoms with Gasteiger partial charge in [0.15, 0.2) is 0 Å². The number of carbonyl (C=O) groups is 1. The summed E-state index contributed by atoms with van der Waals surface area (Å²) in [4.78, 5) is 11.6. The van der Waals surface area contributed by atoms with Crippen molar-refractivity contribution in [2.75, 3.05) is 6.54 Å². The number of hydrogen-bond donors (Lipinski definition) is 2. The third-order valence-corrected chi connectivity index (χ3v) is 3.48. The average Bonchev–Trinajstić information content (AvgIpc) is 2.57. The average molecular weight is 346 g/mol. The quantitative estimate of drug-likeness (QED) is 0.280. The molecule has 0 aliphatic carbocycles. The van der Waals surface area contributed by atoms with Gasteiger partial charge in [-0.15, -0.1) is 0 Å². The Bertz CT molecular complexity index is 482. The van der Waals surface area contributed by atoms with Gasteiger partial charge in [-0.3, -0.25) is 4.79 Å². The lowest BCUT2D eigenvalue weighted by Gasteiger charge is -2.22. The molecule has 3 heteroatoms. The lowest BCUT2D eigenvalue weighted by molar-refractivity contribution is -0.117. The highest BCUT2D eigenvalue weighted by Gasteiger charge is 2.18. The summed E-state index contributed by atoms with van der Waals surface area (Å²) in [6, 6.07) is 0. The van der Waals surface area contributed by atoms with E-state index in [1.807, 2.05) is 43.4 Å². The molecule has 1 amide bonds. The number of allylic oxidation sites excluding steroid dienone is 9. The Morgan fingerprint density at radius 3 is 2.04 bits per heavy atom. The molecule has 0 saturated heterocycles. The molecule has 0 radical (unpaired) electrons. The van der Waals surface area contributed by atoms with Crippen molar-refractivity contribution in [1.82, 2.24) is 5.32 Å². The van der Waals surface area contributed by atoms with E-state index in [0.29, 0.717) is 6.42 Å². The summed E-state index contributed by atoms with van der Waals surface area (Å²) < 4.78 is 0. The number of rotatable bonds is 13. The first-order valence-electron chi connectivity index (χ1n) is 9.33. The lowest BCUT2D eigenvalue weighted by atomic mass is 10.0. The molecule has 0 aromatic heterocycles. The molecule has 25 heavy (non-hydrogen) atoms. The van der Waals surface area contributed by atoms with Crippen molar-refractivity contribution in [2.24, 2.45) is 0 Å². The molecule has 1 unspecified atom stereocenters. The van der Waals surface area contributed by atoms with Crippen molar-refractivity contribution >= 4 is 5.91 Å². The highest BCUT2D eigenvalue weighted by molar-refractivity contribution is 5.87. The Morgan fingerprint density at radius 1 is 0.880 bits per heavy atom. The van der Waals surface area contributed by atoms with Crippen LogP contribution in [0.4, 0.5) is 0 Å². The van der Waals surface area contributed by atoms with E-state index in [2.05, 4.69) is 30.5 Å². The minimum atomic E-state index is -0.826. The molecule has 0 bridgehead atoms. The second-order valence-corrected chi connectivity index (χ2v) is 6.36. The van der Waals surface area contributed by atoms with Crippen LogP contribution < -0.4 is 5.32 Å². The topological polar surface area (TPSA) is 49.3 Å². The molecule has 0 aromatic rings. The van der Waals surface area contributed by atoms with Gasteiger partial charge in [0.25, 0.3) is 0 Å². The monoisotopic (exact) mass is 345 g/mol. The molecule has 140 valence electrons. The number of unbranched alkanes of at least 4 members (excludes halogenated alkanes) is 2. The van der Waals surface area contributed by atoms with E-state index in [1.165, 1.54) is 12.5 Å². The van der Waals surface area contributed by atoms with Crippen LogP contribution >= 0.6 is 0 Å². The summed E-state index contributed by atoms with van der Waals surface area (Å²) in [5.74, 6) is -0.151. The van der Waals surface area contributed by atoms with Gasteiger partial charge in [0, 0.05) is 6.54 Å². The fraction of sp³-hybridized carbons (Fsp3) is 0.500. The Labute approximate surface area is 153 Å². The Kier molecular flexibility index (Phi) is 14.5. The van der Waals surface area contributed by atoms with E-state index in [0.717, 1.165) is 25.7 Å². The molecule has 0 aliphatic rings. The molecular weight excluding hydrogens is 310 g/mol. The van der Waals surface area contributed by atoms with Crippen molar-refractivity contribution in [1.29, 1.82) is 0 Å². The van der Waals surface area contributed by atoms with E-state index >= 15 is 0 Å². The Morgan fingerprint density at radius 2 is 1.44 bits per heavy atom. The lowest BCUT2D eigenvalue weighted by Crippen LogP contribution is -2.39. The van der Waals surface area contributed by atoms with Gasteiger partial charge < -0.3 is 10.4 Å². The standard InChI is InChI=1S/C22H35NO2/c1-4-6-7-8-9-10-11-12-13-14-15-16-17-18-21(24)23-20-22(3,25)19-5-2/h7-14,17-18,25H,4-6,15-16,19-20H2,1-3H3,(H,23,24). The van der Waals surface area contributed by atoms with E-state index in [1.54, 1.807) is 6.92 Å². The highest BCUT2D eigenvalue weighted by atomic mass is 16.3. The predicted molar refractivity (Wildman–Crippen MR) is 108 cm³/mol. The minimum absolute atomic E-state index is 0.151. The van der Waals surface area contributed by atoms with Gasteiger partial charge in [-0.2, -0.15) is 0 Å². The van der Waals surface area contributed by atoms with Crippen LogP contribution in [0.25, 0.3) is 0 Å². The molecule has 0 fully saturated rings. The maximum atomic E-state index is 11.6. The van der Waals surface area contributed by atoms with Crippen molar-refractivity contribution in [2.45, 2.75) is 64.9 Å². The zero-order valence-electron chi connectivity index (χ0n) is 16.1. The van der Waals surface area contributed by atoms with Crippen LogP contribution in [0.2, 0.25) is 0 Å². The SMILES string of the molecule is CCCC=CC=CC=CC=CCCC=CC(=O)NCC(C)(O)CCC. The molecule has 0 rings (SSSR count). The van der Waals surface area contributed by atoms with Crippen LogP contribution in [0, 0.1) is 0 Å². The summed E-state index contributed by atoms with van der Waals surface area (Å²) in [5.41, 5.74) is -0.826. The van der Waals surface area contributed by atoms with Crippen LogP contribution in [0.5, 0.6) is 0 Å². The maximum absolute atomic E-state index is 11.6. The Hall–Kier alpha value is -1.87. The molecule has 0 aliphatic heterocycles. The van der Waals surface area contributed by atoms with Gasteiger partial charge in [-0.25, -0.2) is 0 Å². The smallest absolute Gasteiger partial charge is 0.243 e. The van der Waals surface area contributed by atoms with Crippen LogP contribution in [-0.4, -0.2) is 23.2 Å². The molecule has 0 aromatic carbocycles. The highest BCUT2D eigenvalue weighted by Crippen LogP contribution is 2.09. The second kappa shape index (κ2) is 15.6. The second-order valence-electron chi connectivity index (χ2n) is 6.36. The number of carbonyl (C=O) groups excluding carboxylic acids is 1. The maximum Gasteiger partial charge on any atom is 0.243 e. The first-order chi connectivity index (χ1) is 12.0. The zero-order valence-corrected chi connectivity index (χ0v) is 16.1. The third-order valence-electron chi connectivity index (χ3n) is 3.48. The summed E-state index contributed by atoms with van der Waals surface area (Å²) in [6.07, 6.45) is 25.3. The van der Waals surface area contributed by atoms with Crippen LogP contribution in [0.15, 0.2) is 60.8 Å². The summed E-state index contributed by atoms with van der Waals surface area (Å²) in [7, 11) is 0. The summed E-state index contributed by atoms with van der Waals surface area (Å²) in [6.45, 7) is 6.21.